The number of carbonyl (C=O) groups excluding carboxylic acids is 2. The maximum Gasteiger partial charge on any atom is 0.313 e. The van der Waals surface area contributed by atoms with Crippen LogP contribution in [-0.2, 0) is 9.59 Å². The van der Waals surface area contributed by atoms with E-state index < -0.39 is 11.8 Å². The summed E-state index contributed by atoms with van der Waals surface area (Å²) in [6.07, 6.45) is 6.77. The Labute approximate surface area is 207 Å². The van der Waals surface area contributed by atoms with E-state index in [1.54, 1.807) is 41.6 Å². The van der Waals surface area contributed by atoms with Gasteiger partial charge in [-0.25, -0.2) is 9.97 Å². The molecule has 35 heavy (non-hydrogen) atoms. The molecule has 9 heteroatoms. The highest BCUT2D eigenvalue weighted by atomic mass is 32.1. The highest BCUT2D eigenvalue weighted by molar-refractivity contribution is 7.21. The summed E-state index contributed by atoms with van der Waals surface area (Å²) >= 11 is 1.61. The van der Waals surface area contributed by atoms with Crippen LogP contribution in [0.15, 0.2) is 55.0 Å². The van der Waals surface area contributed by atoms with Gasteiger partial charge in [-0.15, -0.1) is 11.3 Å². The van der Waals surface area contributed by atoms with Gasteiger partial charge in [-0.2, -0.15) is 0 Å². The Hall–Kier alpha value is -3.85. The average Bonchev–Trinajstić information content (AvgIpc) is 3.30. The number of fused-ring (bicyclic) bond motifs is 1. The van der Waals surface area contributed by atoms with E-state index in [4.69, 9.17) is 10.7 Å². The number of aromatic nitrogens is 3. The quantitative estimate of drug-likeness (QED) is 0.410. The molecule has 1 aliphatic rings. The SMILES string of the molecule is Cc1cc(NC(=O)C(=O)N2C[C@@H](C)CCC2c2ccc3sc(-c4cccnc4)nc3c2)cnc1N. The van der Waals surface area contributed by atoms with Gasteiger partial charge in [-0.3, -0.25) is 14.6 Å². The number of hydrogen-bond acceptors (Lipinski definition) is 7. The molecule has 4 aromatic rings. The molecule has 5 rings (SSSR count). The summed E-state index contributed by atoms with van der Waals surface area (Å²) in [7, 11) is 0. The summed E-state index contributed by atoms with van der Waals surface area (Å²) in [5.41, 5.74) is 9.79. The molecule has 1 fully saturated rings. The number of amides is 2. The van der Waals surface area contributed by atoms with Crippen molar-refractivity contribution in [2.45, 2.75) is 32.7 Å². The van der Waals surface area contributed by atoms with Crippen LogP contribution in [0.5, 0.6) is 0 Å². The molecule has 0 saturated carbocycles. The van der Waals surface area contributed by atoms with Crippen LogP contribution in [0, 0.1) is 12.8 Å². The number of likely N-dealkylation sites (tertiary alicyclic amines) is 1. The fourth-order valence-corrected chi connectivity index (χ4v) is 5.39. The number of aryl methyl sites for hydroxylation is 1. The number of nitrogens with zero attached hydrogens (tertiary/aromatic N) is 4. The van der Waals surface area contributed by atoms with Gasteiger partial charge in [0.2, 0.25) is 0 Å². The van der Waals surface area contributed by atoms with Crippen molar-refractivity contribution in [3.8, 4) is 10.6 Å². The first-order valence-electron chi connectivity index (χ1n) is 11.5. The Morgan fingerprint density at radius 2 is 2.03 bits per heavy atom. The number of benzene rings is 1. The third kappa shape index (κ3) is 4.72. The topological polar surface area (TPSA) is 114 Å². The van der Waals surface area contributed by atoms with Crippen LogP contribution in [0.1, 0.15) is 36.9 Å². The van der Waals surface area contributed by atoms with Gasteiger partial charge >= 0.3 is 11.8 Å². The maximum atomic E-state index is 13.3. The normalized spacial score (nSPS) is 17.9. The molecule has 1 unspecified atom stereocenters. The highest BCUT2D eigenvalue weighted by Crippen LogP contribution is 2.37. The minimum absolute atomic E-state index is 0.191. The number of piperidine rings is 1. The van der Waals surface area contributed by atoms with E-state index in [9.17, 15) is 9.59 Å². The molecule has 0 spiro atoms. The minimum atomic E-state index is -0.677. The van der Waals surface area contributed by atoms with Crippen molar-refractivity contribution in [2.75, 3.05) is 17.6 Å². The predicted molar refractivity (Wildman–Crippen MR) is 138 cm³/mol. The summed E-state index contributed by atoms with van der Waals surface area (Å²) in [4.78, 5) is 40.9. The first-order valence-corrected chi connectivity index (χ1v) is 12.4. The molecule has 2 amide bonds. The Kier molecular flexibility index (Phi) is 6.17. The van der Waals surface area contributed by atoms with Crippen LogP contribution >= 0.6 is 11.3 Å². The number of hydrogen-bond donors (Lipinski definition) is 2. The third-order valence-electron chi connectivity index (χ3n) is 6.35. The maximum absolute atomic E-state index is 13.3. The molecule has 1 saturated heterocycles. The van der Waals surface area contributed by atoms with Crippen molar-refractivity contribution in [1.82, 2.24) is 19.9 Å². The summed E-state index contributed by atoms with van der Waals surface area (Å²) < 4.78 is 1.07. The molecule has 8 nitrogen and oxygen atoms in total. The summed E-state index contributed by atoms with van der Waals surface area (Å²) in [6, 6.07) is 11.5. The average molecular weight is 487 g/mol. The highest BCUT2D eigenvalue weighted by Gasteiger charge is 2.34. The van der Waals surface area contributed by atoms with Crippen LogP contribution in [-0.4, -0.2) is 38.2 Å². The lowest BCUT2D eigenvalue weighted by molar-refractivity contribution is -0.146. The van der Waals surface area contributed by atoms with E-state index in [-0.39, 0.29) is 6.04 Å². The molecular formula is C26H26N6O2S. The van der Waals surface area contributed by atoms with Crippen molar-refractivity contribution in [2.24, 2.45) is 5.92 Å². The zero-order valence-electron chi connectivity index (χ0n) is 19.6. The molecule has 4 heterocycles. The molecule has 0 radical (unpaired) electrons. The van der Waals surface area contributed by atoms with Gasteiger partial charge in [0.25, 0.3) is 0 Å². The Morgan fingerprint density at radius 3 is 2.80 bits per heavy atom. The number of pyridine rings is 2. The lowest BCUT2D eigenvalue weighted by Gasteiger charge is -2.38. The lowest BCUT2D eigenvalue weighted by atomic mass is 9.89. The van der Waals surface area contributed by atoms with Crippen molar-refractivity contribution in [3.63, 3.8) is 0 Å². The molecule has 3 aromatic heterocycles. The van der Waals surface area contributed by atoms with Crippen LogP contribution < -0.4 is 11.1 Å². The van der Waals surface area contributed by atoms with Crippen molar-refractivity contribution < 1.29 is 9.59 Å². The van der Waals surface area contributed by atoms with Gasteiger partial charge in [0, 0.05) is 24.5 Å². The lowest BCUT2D eigenvalue weighted by Crippen LogP contribution is -2.46. The molecule has 1 aliphatic heterocycles. The first kappa shape index (κ1) is 22.9. The number of nitrogens with one attached hydrogen (secondary N) is 1. The van der Waals surface area contributed by atoms with Gasteiger partial charge in [0.05, 0.1) is 28.1 Å². The third-order valence-corrected chi connectivity index (χ3v) is 7.44. The van der Waals surface area contributed by atoms with Crippen LogP contribution in [0.4, 0.5) is 11.5 Å². The second-order valence-electron chi connectivity index (χ2n) is 9.02. The van der Waals surface area contributed by atoms with Gasteiger partial charge < -0.3 is 16.0 Å². The number of carbonyl (C=O) groups is 2. The number of thiazole rings is 1. The standard InChI is InChI=1S/C26H26N6O2S/c1-15-5-7-21(32(14-15)26(34)24(33)30-19-10-16(2)23(27)29-13-19)17-6-8-22-20(11-17)31-25(35-22)18-4-3-9-28-12-18/h3-4,6,8-13,15,21H,5,7,14H2,1-2H3,(H2,27,29)(H,30,33)/t15-,21?/m0/s1. The molecular weight excluding hydrogens is 460 g/mol. The fourth-order valence-electron chi connectivity index (χ4n) is 4.46. The summed E-state index contributed by atoms with van der Waals surface area (Å²) in [5.74, 6) is -0.527. The predicted octanol–water partition coefficient (Wildman–Crippen LogP) is 4.58. The van der Waals surface area contributed by atoms with E-state index in [0.29, 0.717) is 24.0 Å². The fraction of sp³-hybridized carbons (Fsp3) is 0.269. The van der Waals surface area contributed by atoms with E-state index in [0.717, 1.165) is 44.8 Å². The zero-order valence-corrected chi connectivity index (χ0v) is 20.4. The van der Waals surface area contributed by atoms with Crippen LogP contribution in [0.25, 0.3) is 20.8 Å². The Bertz CT molecular complexity index is 1400. The second kappa shape index (κ2) is 9.42. The van der Waals surface area contributed by atoms with Crippen molar-refractivity contribution in [1.29, 1.82) is 0 Å². The number of nitrogens with two attached hydrogens (primary N) is 1. The first-order chi connectivity index (χ1) is 16.9. The van der Waals surface area contributed by atoms with Gasteiger partial charge in [0.15, 0.2) is 0 Å². The minimum Gasteiger partial charge on any atom is -0.383 e. The monoisotopic (exact) mass is 486 g/mol. The Balaban J connectivity index is 1.40. The van der Waals surface area contributed by atoms with E-state index in [1.807, 2.05) is 30.3 Å². The Morgan fingerprint density at radius 1 is 1.17 bits per heavy atom. The number of anilines is 2. The van der Waals surface area contributed by atoms with Crippen molar-refractivity contribution in [3.05, 3.63) is 66.1 Å². The van der Waals surface area contributed by atoms with Crippen molar-refractivity contribution >= 4 is 44.9 Å². The van der Waals surface area contributed by atoms with E-state index >= 15 is 0 Å². The van der Waals surface area contributed by atoms with Crippen LogP contribution in [0.2, 0.25) is 0 Å². The molecule has 0 aliphatic carbocycles. The van der Waals surface area contributed by atoms with Crippen LogP contribution in [0.3, 0.4) is 0 Å². The van der Waals surface area contributed by atoms with Gasteiger partial charge in [0.1, 0.15) is 10.8 Å². The van der Waals surface area contributed by atoms with E-state index in [2.05, 4.69) is 22.2 Å². The molecule has 178 valence electrons. The summed E-state index contributed by atoms with van der Waals surface area (Å²) in [5, 5.41) is 3.59. The molecule has 0 bridgehead atoms. The van der Waals surface area contributed by atoms with Gasteiger partial charge in [-0.05, 0) is 67.1 Å². The summed E-state index contributed by atoms with van der Waals surface area (Å²) in [6.45, 7) is 4.42. The zero-order chi connectivity index (χ0) is 24.5. The largest absolute Gasteiger partial charge is 0.383 e. The second-order valence-corrected chi connectivity index (χ2v) is 10.1. The molecule has 2 atom stereocenters. The number of rotatable bonds is 3. The molecule has 3 N–H and O–H groups in total. The smallest absolute Gasteiger partial charge is 0.313 e. The van der Waals surface area contributed by atoms with E-state index in [1.165, 1.54) is 6.20 Å². The number of nitrogen functional groups attached to an aromatic ring is 1. The molecule has 1 aromatic carbocycles. The van der Waals surface area contributed by atoms with Gasteiger partial charge in [-0.1, -0.05) is 13.0 Å².